The molecule has 2 rings (SSSR count). The molecule has 0 bridgehead atoms. The molecule has 18 heavy (non-hydrogen) atoms. The number of nitrogens with zero attached hydrogens (tertiary/aromatic N) is 4. The van der Waals surface area contributed by atoms with Crippen molar-refractivity contribution in [2.45, 2.75) is 13.0 Å². The first-order chi connectivity index (χ1) is 8.51. The summed E-state index contributed by atoms with van der Waals surface area (Å²) in [4.78, 5) is 4.31. The third kappa shape index (κ3) is 1.97. The van der Waals surface area contributed by atoms with Gasteiger partial charge in [0.2, 0.25) is 0 Å². The summed E-state index contributed by atoms with van der Waals surface area (Å²) in [6.07, 6.45) is 0. The van der Waals surface area contributed by atoms with Crippen molar-refractivity contribution in [1.29, 1.82) is 10.5 Å². The minimum absolute atomic E-state index is 0.371. The van der Waals surface area contributed by atoms with Crippen molar-refractivity contribution < 1.29 is 0 Å². The van der Waals surface area contributed by atoms with Gasteiger partial charge in [-0.25, -0.2) is 4.98 Å². The van der Waals surface area contributed by atoms with Crippen LogP contribution in [0.25, 0.3) is 11.0 Å². The van der Waals surface area contributed by atoms with Gasteiger partial charge in [0.15, 0.2) is 4.73 Å². The summed E-state index contributed by atoms with van der Waals surface area (Å²) in [7, 11) is 0. The molecule has 0 radical (unpaired) electrons. The van der Waals surface area contributed by atoms with Crippen LogP contribution in [0, 0.1) is 22.7 Å². The minimum Gasteiger partial charge on any atom is -0.302 e. The molecule has 1 aromatic carbocycles. The summed E-state index contributed by atoms with van der Waals surface area (Å²) in [6, 6.07) is 5.74. The molecule has 1 heterocycles. The molecule has 0 fully saturated rings. The lowest BCUT2D eigenvalue weighted by molar-refractivity contribution is 0.677. The van der Waals surface area contributed by atoms with E-state index in [1.165, 1.54) is 0 Å². The number of halogens is 3. The molecular formula is C11H5Br3N4. The van der Waals surface area contributed by atoms with E-state index in [0.717, 1.165) is 9.99 Å². The second-order valence-electron chi connectivity index (χ2n) is 3.58. The van der Waals surface area contributed by atoms with Gasteiger partial charge in [0.05, 0.1) is 21.6 Å². The zero-order chi connectivity index (χ0) is 13.4. The average Bonchev–Trinajstić information content (AvgIpc) is 2.66. The Kier molecular flexibility index (Phi) is 3.76. The maximum atomic E-state index is 9.21. The molecule has 90 valence electrons. The number of hydrogen-bond donors (Lipinski definition) is 0. The fourth-order valence-corrected chi connectivity index (χ4v) is 3.16. The van der Waals surface area contributed by atoms with Gasteiger partial charge in [0, 0.05) is 4.47 Å². The van der Waals surface area contributed by atoms with E-state index in [1.807, 2.05) is 6.07 Å². The van der Waals surface area contributed by atoms with Crippen molar-refractivity contribution in [2.75, 3.05) is 0 Å². The van der Waals surface area contributed by atoms with E-state index in [1.54, 1.807) is 11.5 Å². The minimum atomic E-state index is -0.371. The van der Waals surface area contributed by atoms with Crippen LogP contribution < -0.4 is 0 Å². The lowest BCUT2D eigenvalue weighted by Gasteiger charge is -2.08. The van der Waals surface area contributed by atoms with Gasteiger partial charge < -0.3 is 4.57 Å². The van der Waals surface area contributed by atoms with Crippen LogP contribution in [0.1, 0.15) is 18.5 Å². The lowest BCUT2D eigenvalue weighted by Crippen LogP contribution is -2.02. The van der Waals surface area contributed by atoms with Crippen molar-refractivity contribution in [3.63, 3.8) is 0 Å². The monoisotopic (exact) mass is 430 g/mol. The fourth-order valence-electron chi connectivity index (χ4n) is 1.67. The predicted molar refractivity (Wildman–Crippen MR) is 77.9 cm³/mol. The maximum absolute atomic E-state index is 9.21. The van der Waals surface area contributed by atoms with Crippen LogP contribution in [0.15, 0.2) is 19.7 Å². The Hall–Kier alpha value is -0.890. The first-order valence-electron chi connectivity index (χ1n) is 4.86. The highest BCUT2D eigenvalue weighted by Crippen LogP contribution is 2.35. The standard InChI is InChI=1S/C11H5Br3N4/c1-5(3-15)18-8-2-7(12)9(13)6(4-16)10(8)17-11(18)14/h2,5H,1H3. The first-order valence-corrected chi connectivity index (χ1v) is 7.24. The van der Waals surface area contributed by atoms with Gasteiger partial charge >= 0.3 is 0 Å². The molecule has 0 aliphatic rings. The van der Waals surface area contributed by atoms with Crippen molar-refractivity contribution in [2.24, 2.45) is 0 Å². The zero-order valence-corrected chi connectivity index (χ0v) is 13.8. The number of aromatic nitrogens is 2. The Morgan fingerprint density at radius 2 is 2.00 bits per heavy atom. The number of fused-ring (bicyclic) bond motifs is 1. The second-order valence-corrected chi connectivity index (χ2v) is 5.94. The molecule has 0 aliphatic carbocycles. The van der Waals surface area contributed by atoms with Gasteiger partial charge in [0.25, 0.3) is 0 Å². The summed E-state index contributed by atoms with van der Waals surface area (Å²) >= 11 is 10.1. The van der Waals surface area contributed by atoms with Gasteiger partial charge in [-0.05, 0) is 60.8 Å². The zero-order valence-electron chi connectivity index (χ0n) is 9.08. The molecule has 0 N–H and O–H groups in total. The summed E-state index contributed by atoms with van der Waals surface area (Å²) in [5.74, 6) is 0. The van der Waals surface area contributed by atoms with Crippen LogP contribution in [0.5, 0.6) is 0 Å². The predicted octanol–water partition coefficient (Wildman–Crippen LogP) is 4.28. The molecule has 0 aliphatic heterocycles. The van der Waals surface area contributed by atoms with E-state index < -0.39 is 0 Å². The Labute approximate surface area is 129 Å². The number of rotatable bonds is 1. The number of benzene rings is 1. The highest BCUT2D eigenvalue weighted by atomic mass is 79.9. The second kappa shape index (κ2) is 5.00. The molecule has 7 heteroatoms. The molecule has 4 nitrogen and oxygen atoms in total. The number of nitriles is 2. The van der Waals surface area contributed by atoms with Gasteiger partial charge in [-0.2, -0.15) is 10.5 Å². The van der Waals surface area contributed by atoms with E-state index in [4.69, 9.17) is 5.26 Å². The molecule has 1 unspecified atom stereocenters. The van der Waals surface area contributed by atoms with E-state index in [-0.39, 0.29) is 6.04 Å². The number of hydrogen-bond acceptors (Lipinski definition) is 3. The van der Waals surface area contributed by atoms with Gasteiger partial charge in [-0.15, -0.1) is 0 Å². The molecule has 2 aromatic rings. The Morgan fingerprint density at radius 3 is 2.56 bits per heavy atom. The maximum Gasteiger partial charge on any atom is 0.179 e. The summed E-state index contributed by atoms with van der Waals surface area (Å²) in [5.41, 5.74) is 1.76. The van der Waals surface area contributed by atoms with Crippen LogP contribution in [-0.4, -0.2) is 9.55 Å². The van der Waals surface area contributed by atoms with Gasteiger partial charge in [-0.3, -0.25) is 0 Å². The largest absolute Gasteiger partial charge is 0.302 e. The number of imidazole rings is 1. The molecule has 0 spiro atoms. The summed E-state index contributed by atoms with van der Waals surface area (Å²) in [6.45, 7) is 1.77. The van der Waals surface area contributed by atoms with Crippen LogP contribution in [0.3, 0.4) is 0 Å². The highest BCUT2D eigenvalue weighted by molar-refractivity contribution is 9.13. The quantitative estimate of drug-likeness (QED) is 0.675. The summed E-state index contributed by atoms with van der Waals surface area (Å²) in [5, 5.41) is 18.2. The molecular weight excluding hydrogens is 428 g/mol. The topological polar surface area (TPSA) is 65.4 Å². The van der Waals surface area contributed by atoms with Gasteiger partial charge in [0.1, 0.15) is 17.6 Å². The van der Waals surface area contributed by atoms with Crippen molar-refractivity contribution in [3.05, 3.63) is 25.3 Å². The van der Waals surface area contributed by atoms with Gasteiger partial charge in [-0.1, -0.05) is 0 Å². The lowest BCUT2D eigenvalue weighted by atomic mass is 10.2. The van der Waals surface area contributed by atoms with Crippen LogP contribution in [0.2, 0.25) is 0 Å². The van der Waals surface area contributed by atoms with E-state index in [0.29, 0.717) is 20.3 Å². The van der Waals surface area contributed by atoms with Crippen LogP contribution in [0.4, 0.5) is 0 Å². The highest BCUT2D eigenvalue weighted by Gasteiger charge is 2.19. The van der Waals surface area contributed by atoms with E-state index in [9.17, 15) is 5.26 Å². The van der Waals surface area contributed by atoms with Crippen molar-refractivity contribution >= 4 is 58.8 Å². The average molecular weight is 433 g/mol. The van der Waals surface area contributed by atoms with Crippen molar-refractivity contribution in [1.82, 2.24) is 9.55 Å². The first kappa shape index (κ1) is 13.5. The molecule has 0 amide bonds. The molecule has 1 aromatic heterocycles. The van der Waals surface area contributed by atoms with Crippen molar-refractivity contribution in [3.8, 4) is 12.1 Å². The Balaban J connectivity index is 2.95. The summed E-state index contributed by atoms with van der Waals surface area (Å²) < 4.78 is 3.70. The third-order valence-corrected chi connectivity index (χ3v) is 5.06. The van der Waals surface area contributed by atoms with E-state index >= 15 is 0 Å². The smallest absolute Gasteiger partial charge is 0.179 e. The molecule has 1 atom stereocenters. The normalized spacial score (nSPS) is 12.1. The fraction of sp³-hybridized carbons (Fsp3) is 0.182. The SMILES string of the molecule is CC(C#N)n1c(Br)nc2c(C#N)c(Br)c(Br)cc21. The molecule has 0 saturated carbocycles. The van der Waals surface area contributed by atoms with Crippen LogP contribution in [-0.2, 0) is 0 Å². The Bertz CT molecular complexity index is 721. The van der Waals surface area contributed by atoms with E-state index in [2.05, 4.69) is 64.9 Å². The van der Waals surface area contributed by atoms with Crippen LogP contribution >= 0.6 is 47.8 Å². The molecule has 0 saturated heterocycles. The Morgan fingerprint density at radius 1 is 1.33 bits per heavy atom. The third-order valence-electron chi connectivity index (χ3n) is 2.52.